The van der Waals surface area contributed by atoms with Crippen molar-refractivity contribution in [1.29, 1.82) is 0 Å². The van der Waals surface area contributed by atoms with Crippen LogP contribution in [-0.4, -0.2) is 41.6 Å². The number of hydrogen-bond acceptors (Lipinski definition) is 3. The minimum atomic E-state index is -0.948. The molecule has 12 heavy (non-hydrogen) atoms. The molecule has 1 aliphatic rings. The first-order valence-corrected chi connectivity index (χ1v) is 6.92. The van der Waals surface area contributed by atoms with E-state index in [1.807, 2.05) is 0 Å². The van der Waals surface area contributed by atoms with Gasteiger partial charge in [0.25, 0.3) is 0 Å². The van der Waals surface area contributed by atoms with Gasteiger partial charge in [-0.15, -0.1) is 0 Å². The molecule has 0 aliphatic carbocycles. The smallest absolute Gasteiger partial charge is 0.175 e. The minimum Gasteiger partial charge on any atom is -0.423 e. The summed E-state index contributed by atoms with van der Waals surface area (Å²) in [6.45, 7) is 5.92. The lowest BCUT2D eigenvalue weighted by Crippen LogP contribution is -2.21. The quantitative estimate of drug-likeness (QED) is 0.458. The van der Waals surface area contributed by atoms with Crippen LogP contribution in [0.4, 0.5) is 0 Å². The molecule has 1 aliphatic heterocycles. The summed E-state index contributed by atoms with van der Waals surface area (Å²) in [5.41, 5.74) is 0. The van der Waals surface area contributed by atoms with Crippen molar-refractivity contribution in [3.8, 4) is 0 Å². The van der Waals surface area contributed by atoms with Gasteiger partial charge < -0.3 is 13.9 Å². The Bertz CT molecular complexity index is 127. The van der Waals surface area contributed by atoms with Crippen LogP contribution < -0.4 is 0 Å². The molecule has 0 saturated carbocycles. The lowest BCUT2D eigenvalue weighted by atomic mass is 10.4. The Kier molecular flexibility index (Phi) is 4.21. The Labute approximate surface area is 75.7 Å². The Morgan fingerprint density at radius 3 is 2.83 bits per heavy atom. The standard InChI is InChI=1S/C8H18O3Si/c1-7(6-12(3)9-2)10-4-8-5-11-8/h7-8,12H,4-6H2,1-3H3. The highest BCUT2D eigenvalue weighted by molar-refractivity contribution is 6.50. The van der Waals surface area contributed by atoms with Crippen LogP contribution in [0.2, 0.25) is 12.6 Å². The second kappa shape index (κ2) is 4.96. The highest BCUT2D eigenvalue weighted by Crippen LogP contribution is 2.11. The summed E-state index contributed by atoms with van der Waals surface area (Å²) in [5.74, 6) is 0. The molecular formula is C8H18O3Si. The maximum atomic E-state index is 5.57. The molecule has 0 aromatic carbocycles. The van der Waals surface area contributed by atoms with Gasteiger partial charge >= 0.3 is 0 Å². The van der Waals surface area contributed by atoms with E-state index >= 15 is 0 Å². The fraction of sp³-hybridized carbons (Fsp3) is 1.00. The van der Waals surface area contributed by atoms with E-state index in [-0.39, 0.29) is 0 Å². The molecule has 0 spiro atoms. The molecule has 1 fully saturated rings. The molecule has 0 aromatic rings. The van der Waals surface area contributed by atoms with E-state index in [2.05, 4.69) is 13.5 Å². The third-order valence-corrected chi connectivity index (χ3v) is 4.17. The number of rotatable bonds is 6. The molecule has 4 heteroatoms. The molecule has 3 atom stereocenters. The summed E-state index contributed by atoms with van der Waals surface area (Å²) in [4.78, 5) is 0. The largest absolute Gasteiger partial charge is 0.423 e. The predicted molar refractivity (Wildman–Crippen MR) is 50.0 cm³/mol. The molecule has 3 nitrogen and oxygen atoms in total. The van der Waals surface area contributed by atoms with Gasteiger partial charge in [0.05, 0.1) is 19.3 Å². The van der Waals surface area contributed by atoms with E-state index in [4.69, 9.17) is 13.9 Å². The van der Waals surface area contributed by atoms with Crippen LogP contribution in [0.15, 0.2) is 0 Å². The molecule has 0 aromatic heterocycles. The van der Waals surface area contributed by atoms with Gasteiger partial charge in [-0.1, -0.05) is 0 Å². The third-order valence-electron chi connectivity index (χ3n) is 2.04. The van der Waals surface area contributed by atoms with Crippen LogP contribution in [-0.2, 0) is 13.9 Å². The van der Waals surface area contributed by atoms with Gasteiger partial charge in [0.15, 0.2) is 9.04 Å². The van der Waals surface area contributed by atoms with Crippen molar-refractivity contribution >= 4 is 9.04 Å². The summed E-state index contributed by atoms with van der Waals surface area (Å²) in [6.07, 6.45) is 0.711. The van der Waals surface area contributed by atoms with Gasteiger partial charge in [0.2, 0.25) is 0 Å². The number of ether oxygens (including phenoxy) is 2. The Hall–Kier alpha value is 0.0969. The van der Waals surface area contributed by atoms with E-state index in [0.717, 1.165) is 19.3 Å². The van der Waals surface area contributed by atoms with E-state index in [0.29, 0.717) is 12.2 Å². The zero-order valence-electron chi connectivity index (χ0n) is 8.08. The van der Waals surface area contributed by atoms with Crippen LogP contribution in [0.5, 0.6) is 0 Å². The van der Waals surface area contributed by atoms with Crippen molar-refractivity contribution in [2.45, 2.75) is 31.7 Å². The van der Waals surface area contributed by atoms with Gasteiger partial charge in [-0.05, 0) is 19.5 Å². The predicted octanol–water partition coefficient (Wildman–Crippen LogP) is 0.790. The van der Waals surface area contributed by atoms with Crippen LogP contribution in [0.3, 0.4) is 0 Å². The molecular weight excluding hydrogens is 172 g/mol. The maximum Gasteiger partial charge on any atom is 0.175 e. The van der Waals surface area contributed by atoms with Crippen molar-refractivity contribution < 1.29 is 13.9 Å². The highest BCUT2D eigenvalue weighted by atomic mass is 28.3. The molecule has 1 saturated heterocycles. The van der Waals surface area contributed by atoms with Gasteiger partial charge in [0.1, 0.15) is 6.10 Å². The normalized spacial score (nSPS) is 26.8. The summed E-state index contributed by atoms with van der Waals surface area (Å²) in [7, 11) is 0.838. The first-order chi connectivity index (χ1) is 5.72. The lowest BCUT2D eigenvalue weighted by Gasteiger charge is -2.14. The molecule has 1 rings (SSSR count). The SMILES string of the molecule is CO[SiH](C)CC(C)OCC1CO1. The zero-order valence-corrected chi connectivity index (χ0v) is 9.23. The Balaban J connectivity index is 1.97. The lowest BCUT2D eigenvalue weighted by molar-refractivity contribution is 0.0641. The van der Waals surface area contributed by atoms with Crippen molar-refractivity contribution in [3.63, 3.8) is 0 Å². The van der Waals surface area contributed by atoms with Crippen molar-refractivity contribution in [2.75, 3.05) is 20.3 Å². The number of epoxide rings is 1. The average Bonchev–Trinajstić information content (AvgIpc) is 2.83. The second-order valence-corrected chi connectivity index (χ2v) is 5.95. The fourth-order valence-corrected chi connectivity index (χ4v) is 2.33. The zero-order chi connectivity index (χ0) is 8.97. The van der Waals surface area contributed by atoms with Crippen molar-refractivity contribution in [2.24, 2.45) is 0 Å². The van der Waals surface area contributed by atoms with Gasteiger partial charge in [-0.3, -0.25) is 0 Å². The molecule has 3 unspecified atom stereocenters. The van der Waals surface area contributed by atoms with Gasteiger partial charge in [0, 0.05) is 7.11 Å². The molecule has 72 valence electrons. The van der Waals surface area contributed by atoms with E-state index in [1.165, 1.54) is 0 Å². The molecule has 1 heterocycles. The third kappa shape index (κ3) is 4.20. The van der Waals surface area contributed by atoms with Gasteiger partial charge in [-0.25, -0.2) is 0 Å². The topological polar surface area (TPSA) is 31.0 Å². The first-order valence-electron chi connectivity index (χ1n) is 4.48. The summed E-state index contributed by atoms with van der Waals surface area (Å²) >= 11 is 0. The van der Waals surface area contributed by atoms with E-state index < -0.39 is 9.04 Å². The molecule has 0 N–H and O–H groups in total. The first kappa shape index (κ1) is 10.2. The molecule has 0 bridgehead atoms. The van der Waals surface area contributed by atoms with Gasteiger partial charge in [-0.2, -0.15) is 0 Å². The summed E-state index contributed by atoms with van der Waals surface area (Å²) < 4.78 is 15.9. The summed E-state index contributed by atoms with van der Waals surface area (Å²) in [6, 6.07) is 1.09. The van der Waals surface area contributed by atoms with Crippen LogP contribution in [0.1, 0.15) is 6.92 Å². The van der Waals surface area contributed by atoms with Crippen molar-refractivity contribution in [3.05, 3.63) is 0 Å². The number of hydrogen-bond donors (Lipinski definition) is 0. The van der Waals surface area contributed by atoms with E-state index in [1.54, 1.807) is 7.11 Å². The Morgan fingerprint density at radius 1 is 1.67 bits per heavy atom. The van der Waals surface area contributed by atoms with Crippen LogP contribution >= 0.6 is 0 Å². The molecule has 0 amide bonds. The van der Waals surface area contributed by atoms with Crippen LogP contribution in [0, 0.1) is 0 Å². The monoisotopic (exact) mass is 190 g/mol. The highest BCUT2D eigenvalue weighted by Gasteiger charge is 2.23. The second-order valence-electron chi connectivity index (χ2n) is 3.38. The summed E-state index contributed by atoms with van der Waals surface area (Å²) in [5, 5.41) is 0. The fourth-order valence-electron chi connectivity index (χ4n) is 1.07. The van der Waals surface area contributed by atoms with Crippen molar-refractivity contribution in [1.82, 2.24) is 0 Å². The maximum absolute atomic E-state index is 5.57. The molecule has 0 radical (unpaired) electrons. The minimum absolute atomic E-state index is 0.329. The average molecular weight is 190 g/mol. The van der Waals surface area contributed by atoms with E-state index in [9.17, 15) is 0 Å². The Morgan fingerprint density at radius 2 is 2.33 bits per heavy atom. The van der Waals surface area contributed by atoms with Crippen LogP contribution in [0.25, 0.3) is 0 Å².